The molecule has 2 aromatic rings. The van der Waals surface area contributed by atoms with Crippen LogP contribution in [0.1, 0.15) is 15.9 Å². The summed E-state index contributed by atoms with van der Waals surface area (Å²) in [5.41, 5.74) is 3.34. The van der Waals surface area contributed by atoms with E-state index in [1.165, 1.54) is 7.11 Å². The Morgan fingerprint density at radius 2 is 1.85 bits per heavy atom. The number of anilines is 2. The summed E-state index contributed by atoms with van der Waals surface area (Å²) in [6.07, 6.45) is 0. The van der Waals surface area contributed by atoms with Crippen molar-refractivity contribution in [2.24, 2.45) is 0 Å². The van der Waals surface area contributed by atoms with Crippen LogP contribution in [0.3, 0.4) is 0 Å². The molecule has 0 unspecified atom stereocenters. The van der Waals surface area contributed by atoms with Crippen LogP contribution in [0.5, 0.6) is 5.75 Å². The Morgan fingerprint density at radius 3 is 2.48 bits per heavy atom. The van der Waals surface area contributed by atoms with Gasteiger partial charge in [-0.25, -0.2) is 4.79 Å². The highest BCUT2D eigenvalue weighted by Crippen LogP contribution is 2.18. The lowest BCUT2D eigenvalue weighted by Crippen LogP contribution is -2.35. The topological polar surface area (TPSA) is 62.8 Å². The number of hydrogen-bond donors (Lipinski definition) is 2. The fraction of sp³-hybridized carbons (Fsp3) is 0.300. The van der Waals surface area contributed by atoms with Gasteiger partial charge in [-0.05, 0) is 61.1 Å². The molecule has 6 nitrogen and oxygen atoms in total. The maximum absolute atomic E-state index is 11.7. The molecule has 144 valence electrons. The van der Waals surface area contributed by atoms with Gasteiger partial charge in [-0.15, -0.1) is 0 Å². The number of benzene rings is 2. The molecule has 0 atom stereocenters. The second-order valence-electron chi connectivity index (χ2n) is 6.02. The van der Waals surface area contributed by atoms with Gasteiger partial charge in [0.15, 0.2) is 5.11 Å². The van der Waals surface area contributed by atoms with Crippen LogP contribution in [0.2, 0.25) is 0 Å². The number of esters is 1. The molecule has 0 fully saturated rings. The minimum Gasteiger partial charge on any atom is -0.497 e. The van der Waals surface area contributed by atoms with Gasteiger partial charge in [0, 0.05) is 31.5 Å². The number of hydrogen-bond acceptors (Lipinski definition) is 5. The molecular weight excluding hydrogens is 362 g/mol. The van der Waals surface area contributed by atoms with E-state index < -0.39 is 0 Å². The third-order valence-electron chi connectivity index (χ3n) is 4.15. The summed E-state index contributed by atoms with van der Waals surface area (Å²) in [7, 11) is 5.03. The zero-order chi connectivity index (χ0) is 19.8. The van der Waals surface area contributed by atoms with Crippen molar-refractivity contribution < 1.29 is 14.3 Å². The average molecular weight is 388 g/mol. The van der Waals surface area contributed by atoms with E-state index in [0.29, 0.717) is 17.2 Å². The molecule has 2 aromatic carbocycles. The Balaban J connectivity index is 1.86. The standard InChI is InChI=1S/C20H25N3O3S/c1-14-5-6-15(19(24)26-4)13-18(14)22-20(27)21-11-12-23(2)16-7-9-17(25-3)10-8-16/h5-10,13H,11-12H2,1-4H3,(H2,21,22,27). The molecule has 0 aromatic heterocycles. The Kier molecular flexibility index (Phi) is 7.43. The molecule has 0 radical (unpaired) electrons. The van der Waals surface area contributed by atoms with Crippen molar-refractivity contribution in [3.8, 4) is 5.75 Å². The van der Waals surface area contributed by atoms with Crippen LogP contribution in [0, 0.1) is 6.92 Å². The van der Waals surface area contributed by atoms with Crippen molar-refractivity contribution in [1.29, 1.82) is 0 Å². The van der Waals surface area contributed by atoms with Gasteiger partial charge >= 0.3 is 5.97 Å². The molecule has 0 heterocycles. The number of nitrogens with zero attached hydrogens (tertiary/aromatic N) is 1. The number of methoxy groups -OCH3 is 2. The van der Waals surface area contributed by atoms with Crippen LogP contribution in [0.15, 0.2) is 42.5 Å². The van der Waals surface area contributed by atoms with E-state index in [9.17, 15) is 4.79 Å². The monoisotopic (exact) mass is 387 g/mol. The molecule has 0 aliphatic carbocycles. The molecule has 2 rings (SSSR count). The number of ether oxygens (including phenoxy) is 2. The molecule has 2 N–H and O–H groups in total. The molecular formula is C20H25N3O3S. The van der Waals surface area contributed by atoms with Gasteiger partial charge in [-0.2, -0.15) is 0 Å². The van der Waals surface area contributed by atoms with Crippen molar-refractivity contribution in [3.05, 3.63) is 53.6 Å². The maximum Gasteiger partial charge on any atom is 0.337 e. The second-order valence-corrected chi connectivity index (χ2v) is 6.43. The van der Waals surface area contributed by atoms with Crippen molar-refractivity contribution in [3.63, 3.8) is 0 Å². The summed E-state index contributed by atoms with van der Waals surface area (Å²) in [6, 6.07) is 13.2. The highest BCUT2D eigenvalue weighted by molar-refractivity contribution is 7.80. The predicted octanol–water partition coefficient (Wildman–Crippen LogP) is 3.21. The molecule has 0 saturated heterocycles. The van der Waals surface area contributed by atoms with E-state index in [4.69, 9.17) is 21.7 Å². The lowest BCUT2D eigenvalue weighted by Gasteiger charge is -2.20. The summed E-state index contributed by atoms with van der Waals surface area (Å²) in [5.74, 6) is 0.457. The second kappa shape index (κ2) is 9.78. The predicted molar refractivity (Wildman–Crippen MR) is 113 cm³/mol. The van der Waals surface area contributed by atoms with Crippen molar-refractivity contribution in [2.75, 3.05) is 44.6 Å². The number of aryl methyl sites for hydroxylation is 1. The highest BCUT2D eigenvalue weighted by atomic mass is 32.1. The smallest absolute Gasteiger partial charge is 0.337 e. The third-order valence-corrected chi connectivity index (χ3v) is 4.40. The summed E-state index contributed by atoms with van der Waals surface area (Å²) < 4.78 is 9.93. The number of rotatable bonds is 7. The highest BCUT2D eigenvalue weighted by Gasteiger charge is 2.09. The Morgan fingerprint density at radius 1 is 1.15 bits per heavy atom. The Hall–Kier alpha value is -2.80. The van der Waals surface area contributed by atoms with Crippen LogP contribution in [0.4, 0.5) is 11.4 Å². The number of carbonyl (C=O) groups excluding carboxylic acids is 1. The van der Waals surface area contributed by atoms with Gasteiger partial charge in [-0.3, -0.25) is 0 Å². The van der Waals surface area contributed by atoms with Crippen LogP contribution < -0.4 is 20.3 Å². The molecule has 0 bridgehead atoms. The van der Waals surface area contributed by atoms with Crippen molar-refractivity contribution >= 4 is 34.7 Å². The number of nitrogens with one attached hydrogen (secondary N) is 2. The van der Waals surface area contributed by atoms with Gasteiger partial charge in [0.1, 0.15) is 5.75 Å². The van der Waals surface area contributed by atoms with E-state index in [2.05, 4.69) is 15.5 Å². The normalized spacial score (nSPS) is 10.1. The first-order valence-electron chi connectivity index (χ1n) is 8.53. The van der Waals surface area contributed by atoms with E-state index in [0.717, 1.165) is 29.2 Å². The summed E-state index contributed by atoms with van der Waals surface area (Å²) >= 11 is 5.36. The Bertz CT molecular complexity index is 794. The van der Waals surface area contributed by atoms with Crippen LogP contribution in [-0.2, 0) is 4.74 Å². The first kappa shape index (κ1) is 20.5. The van der Waals surface area contributed by atoms with Crippen LogP contribution in [0.25, 0.3) is 0 Å². The van der Waals surface area contributed by atoms with Gasteiger partial charge < -0.3 is 25.0 Å². The SMILES string of the molecule is COC(=O)c1ccc(C)c(NC(=S)NCCN(C)c2ccc(OC)cc2)c1. The van der Waals surface area contributed by atoms with Crippen molar-refractivity contribution in [2.45, 2.75) is 6.92 Å². The summed E-state index contributed by atoms with van der Waals surface area (Å²) in [5, 5.41) is 6.82. The minimum atomic E-state index is -0.377. The van der Waals surface area contributed by atoms with Gasteiger partial charge in [0.05, 0.1) is 19.8 Å². The first-order valence-corrected chi connectivity index (χ1v) is 8.94. The first-order chi connectivity index (χ1) is 12.9. The summed E-state index contributed by atoms with van der Waals surface area (Å²) in [4.78, 5) is 13.8. The fourth-order valence-corrected chi connectivity index (χ4v) is 2.68. The molecule has 0 amide bonds. The maximum atomic E-state index is 11.7. The number of thiocarbonyl (C=S) groups is 1. The van der Waals surface area contributed by atoms with E-state index >= 15 is 0 Å². The van der Waals surface area contributed by atoms with E-state index in [1.54, 1.807) is 19.2 Å². The largest absolute Gasteiger partial charge is 0.497 e. The minimum absolute atomic E-state index is 0.377. The molecule has 0 spiro atoms. The van der Waals surface area contributed by atoms with Gasteiger partial charge in [-0.1, -0.05) is 6.07 Å². The lowest BCUT2D eigenvalue weighted by atomic mass is 10.1. The van der Waals surface area contributed by atoms with Crippen LogP contribution in [-0.4, -0.2) is 45.4 Å². The fourth-order valence-electron chi connectivity index (χ4n) is 2.47. The summed E-state index contributed by atoms with van der Waals surface area (Å²) in [6.45, 7) is 3.39. The molecule has 0 saturated carbocycles. The molecule has 7 heteroatoms. The van der Waals surface area contributed by atoms with E-state index in [-0.39, 0.29) is 5.97 Å². The quantitative estimate of drug-likeness (QED) is 0.559. The third kappa shape index (κ3) is 5.86. The van der Waals surface area contributed by atoms with E-state index in [1.807, 2.05) is 44.3 Å². The molecule has 0 aliphatic heterocycles. The zero-order valence-corrected chi connectivity index (χ0v) is 16.9. The van der Waals surface area contributed by atoms with Gasteiger partial charge in [0.2, 0.25) is 0 Å². The van der Waals surface area contributed by atoms with Crippen molar-refractivity contribution in [1.82, 2.24) is 5.32 Å². The van der Waals surface area contributed by atoms with Gasteiger partial charge in [0.25, 0.3) is 0 Å². The Labute approximate surface area is 165 Å². The average Bonchev–Trinajstić information content (AvgIpc) is 2.69. The number of likely N-dealkylation sites (N-methyl/N-ethyl adjacent to an activating group) is 1. The molecule has 0 aliphatic rings. The zero-order valence-electron chi connectivity index (χ0n) is 16.0. The molecule has 27 heavy (non-hydrogen) atoms. The lowest BCUT2D eigenvalue weighted by molar-refractivity contribution is 0.0601. The van der Waals surface area contributed by atoms with Crippen LogP contribution >= 0.6 is 12.2 Å². The number of carbonyl (C=O) groups is 1.